The molecule has 1 aromatic heterocycles. The van der Waals surface area contributed by atoms with Gasteiger partial charge in [0.15, 0.2) is 0 Å². The van der Waals surface area contributed by atoms with Crippen LogP contribution in [0, 0.1) is 13.8 Å². The molecule has 2 atom stereocenters. The largest absolute Gasteiger partial charge is 0.352 e. The lowest BCUT2D eigenvalue weighted by Crippen LogP contribution is -2.50. The van der Waals surface area contributed by atoms with Gasteiger partial charge in [-0.1, -0.05) is 48.0 Å². The predicted molar refractivity (Wildman–Crippen MR) is 158 cm³/mol. The molecule has 1 aliphatic heterocycles. The van der Waals surface area contributed by atoms with Crippen LogP contribution in [0.15, 0.2) is 66.0 Å². The smallest absolute Gasteiger partial charge is 0.254 e. The van der Waals surface area contributed by atoms with Crippen molar-refractivity contribution in [1.82, 2.24) is 15.1 Å². The van der Waals surface area contributed by atoms with Gasteiger partial charge in [0.1, 0.15) is 6.04 Å². The first-order valence-electron chi connectivity index (χ1n) is 14.1. The third-order valence-electron chi connectivity index (χ3n) is 8.35. The fraction of sp³-hybridized carbons (Fsp3) is 0.438. The molecule has 1 saturated heterocycles. The maximum Gasteiger partial charge on any atom is 0.254 e. The van der Waals surface area contributed by atoms with Crippen molar-refractivity contribution in [2.45, 2.75) is 83.2 Å². The van der Waals surface area contributed by atoms with E-state index in [1.807, 2.05) is 36.1 Å². The van der Waals surface area contributed by atoms with Gasteiger partial charge in [-0.15, -0.1) is 11.3 Å². The molecule has 0 radical (unpaired) electrons. The number of likely N-dealkylation sites (tertiary alicyclic amines) is 1. The lowest BCUT2D eigenvalue weighted by molar-refractivity contribution is -0.125. The first-order chi connectivity index (χ1) is 18.9. The number of benzene rings is 2. The summed E-state index contributed by atoms with van der Waals surface area (Å²) >= 11 is 1.75. The van der Waals surface area contributed by atoms with Crippen LogP contribution >= 0.6 is 11.3 Å². The summed E-state index contributed by atoms with van der Waals surface area (Å²) in [6.45, 7) is 6.25. The topological polar surface area (TPSA) is 78.7 Å². The van der Waals surface area contributed by atoms with Crippen LogP contribution in [0.3, 0.4) is 0 Å². The maximum absolute atomic E-state index is 13.8. The molecule has 39 heavy (non-hydrogen) atoms. The second kappa shape index (κ2) is 12.5. The molecule has 5 rings (SSSR count). The molecular formula is C32H40N4O2S. The van der Waals surface area contributed by atoms with E-state index in [-0.39, 0.29) is 29.9 Å². The number of amides is 2. The molecule has 2 unspecified atom stereocenters. The second-order valence-electron chi connectivity index (χ2n) is 11.3. The van der Waals surface area contributed by atoms with Crippen molar-refractivity contribution in [2.24, 2.45) is 5.73 Å². The van der Waals surface area contributed by atoms with Crippen LogP contribution in [0.5, 0.6) is 0 Å². The predicted octanol–water partition coefficient (Wildman–Crippen LogP) is 5.04. The van der Waals surface area contributed by atoms with Crippen molar-refractivity contribution in [3.8, 4) is 0 Å². The molecule has 206 valence electrons. The van der Waals surface area contributed by atoms with Crippen molar-refractivity contribution in [3.05, 3.63) is 93.2 Å². The van der Waals surface area contributed by atoms with Crippen LogP contribution in [0.25, 0.3) is 0 Å². The summed E-state index contributed by atoms with van der Waals surface area (Å²) in [6, 6.07) is 20.3. The van der Waals surface area contributed by atoms with E-state index in [1.54, 1.807) is 11.3 Å². The lowest BCUT2D eigenvalue weighted by Gasteiger charge is -2.30. The molecule has 3 N–H and O–H groups in total. The van der Waals surface area contributed by atoms with Gasteiger partial charge in [0.2, 0.25) is 5.91 Å². The number of nitrogens with zero attached hydrogens (tertiary/aromatic N) is 2. The number of carbonyl (C=O) groups is 2. The Balaban J connectivity index is 1.40. The van der Waals surface area contributed by atoms with Crippen molar-refractivity contribution >= 4 is 23.2 Å². The van der Waals surface area contributed by atoms with Crippen molar-refractivity contribution in [2.75, 3.05) is 6.54 Å². The molecule has 2 amide bonds. The average Bonchev–Trinajstić information content (AvgIpc) is 3.61. The van der Waals surface area contributed by atoms with E-state index >= 15 is 0 Å². The Hall–Kier alpha value is -3.00. The number of nitrogens with two attached hydrogens (primary N) is 1. The average molecular weight is 545 g/mol. The number of thiophene rings is 1. The molecule has 1 saturated carbocycles. The zero-order valence-electron chi connectivity index (χ0n) is 23.0. The number of carbonyl (C=O) groups excluding carboxylic acids is 2. The summed E-state index contributed by atoms with van der Waals surface area (Å²) < 4.78 is 0. The molecule has 2 aliphatic rings. The molecule has 0 spiro atoms. The summed E-state index contributed by atoms with van der Waals surface area (Å²) in [5.74, 6) is -0.110. The Labute approximate surface area is 236 Å². The van der Waals surface area contributed by atoms with E-state index in [2.05, 4.69) is 58.9 Å². The minimum Gasteiger partial charge on any atom is -0.352 e. The van der Waals surface area contributed by atoms with E-state index in [0.717, 1.165) is 44.3 Å². The second-order valence-corrected chi connectivity index (χ2v) is 12.3. The molecule has 6 nitrogen and oxygen atoms in total. The highest BCUT2D eigenvalue weighted by molar-refractivity contribution is 7.09. The van der Waals surface area contributed by atoms with Gasteiger partial charge in [-0.3, -0.25) is 14.5 Å². The van der Waals surface area contributed by atoms with Crippen LogP contribution in [0.2, 0.25) is 0 Å². The third-order valence-corrected chi connectivity index (χ3v) is 9.21. The van der Waals surface area contributed by atoms with Gasteiger partial charge < -0.3 is 16.0 Å². The molecule has 0 bridgehead atoms. The van der Waals surface area contributed by atoms with Gasteiger partial charge in [0.05, 0.1) is 0 Å². The summed E-state index contributed by atoms with van der Waals surface area (Å²) in [6.07, 6.45) is 4.26. The zero-order valence-corrected chi connectivity index (χ0v) is 23.8. The number of aryl methyl sites for hydroxylation is 2. The summed E-state index contributed by atoms with van der Waals surface area (Å²) in [7, 11) is 0. The van der Waals surface area contributed by atoms with Crippen LogP contribution in [-0.2, 0) is 17.9 Å². The van der Waals surface area contributed by atoms with Gasteiger partial charge >= 0.3 is 0 Å². The fourth-order valence-electron chi connectivity index (χ4n) is 5.90. The highest BCUT2D eigenvalue weighted by atomic mass is 32.1. The Bertz CT molecular complexity index is 1250. The van der Waals surface area contributed by atoms with E-state index < -0.39 is 6.04 Å². The third kappa shape index (κ3) is 6.78. The standard InChI is InChI=1S/C32H40N4O2S/c1-22-9-11-24(12-10-22)32(38)36-20-28(18-30(36)31(37)34-27-15-13-26(33)14-16-27)35(21-29-8-5-17-39-29)19-25-7-4-3-6-23(25)2/h3-12,17,26-28,30H,13-16,18-21,33H2,1-2H3,(H,34,37). The van der Waals surface area contributed by atoms with Crippen LogP contribution < -0.4 is 11.1 Å². The molecule has 3 aromatic rings. The molecule has 1 aliphatic carbocycles. The van der Waals surface area contributed by atoms with E-state index in [0.29, 0.717) is 18.5 Å². The van der Waals surface area contributed by atoms with Gasteiger partial charge in [-0.25, -0.2) is 0 Å². The Morgan fingerprint density at radius 1 is 0.974 bits per heavy atom. The van der Waals surface area contributed by atoms with E-state index in [4.69, 9.17) is 5.73 Å². The Morgan fingerprint density at radius 2 is 1.72 bits per heavy atom. The first-order valence-corrected chi connectivity index (χ1v) is 15.0. The van der Waals surface area contributed by atoms with Crippen molar-refractivity contribution in [1.29, 1.82) is 0 Å². The highest BCUT2D eigenvalue weighted by Gasteiger charge is 2.42. The Kier molecular flexibility index (Phi) is 8.80. The molecule has 2 fully saturated rings. The quantitative estimate of drug-likeness (QED) is 0.417. The summed E-state index contributed by atoms with van der Waals surface area (Å²) in [5.41, 5.74) is 10.4. The highest BCUT2D eigenvalue weighted by Crippen LogP contribution is 2.29. The minimum absolute atomic E-state index is 0.0367. The van der Waals surface area contributed by atoms with E-state index in [1.165, 1.54) is 16.0 Å². The molecular weight excluding hydrogens is 504 g/mol. The van der Waals surface area contributed by atoms with Gasteiger partial charge in [-0.05, 0) is 80.7 Å². The van der Waals surface area contributed by atoms with Gasteiger partial charge in [0.25, 0.3) is 5.91 Å². The fourth-order valence-corrected chi connectivity index (χ4v) is 6.63. The molecule has 7 heteroatoms. The molecule has 2 aromatic carbocycles. The summed E-state index contributed by atoms with van der Waals surface area (Å²) in [4.78, 5) is 33.1. The minimum atomic E-state index is -0.498. The number of rotatable bonds is 8. The lowest BCUT2D eigenvalue weighted by atomic mass is 9.91. The number of nitrogens with one attached hydrogen (secondary N) is 1. The zero-order chi connectivity index (χ0) is 27.4. The SMILES string of the molecule is Cc1ccc(C(=O)N2CC(N(Cc3cccs3)Cc3ccccc3C)CC2C(=O)NC2CCC(N)CC2)cc1. The Morgan fingerprint density at radius 3 is 2.41 bits per heavy atom. The normalized spacial score (nSPS) is 23.2. The van der Waals surface area contributed by atoms with Crippen LogP contribution in [-0.4, -0.2) is 52.3 Å². The van der Waals surface area contributed by atoms with Crippen molar-refractivity contribution in [3.63, 3.8) is 0 Å². The molecule has 2 heterocycles. The van der Waals surface area contributed by atoms with Gasteiger partial charge in [-0.2, -0.15) is 0 Å². The van der Waals surface area contributed by atoms with Crippen LogP contribution in [0.4, 0.5) is 0 Å². The van der Waals surface area contributed by atoms with Crippen LogP contribution in [0.1, 0.15) is 64.0 Å². The summed E-state index contributed by atoms with van der Waals surface area (Å²) in [5, 5.41) is 5.39. The maximum atomic E-state index is 13.8. The van der Waals surface area contributed by atoms with Crippen molar-refractivity contribution < 1.29 is 9.59 Å². The number of hydrogen-bond donors (Lipinski definition) is 2. The first kappa shape index (κ1) is 27.6. The van der Waals surface area contributed by atoms with Gasteiger partial charge in [0, 0.05) is 48.2 Å². The number of hydrogen-bond acceptors (Lipinski definition) is 5. The van der Waals surface area contributed by atoms with E-state index in [9.17, 15) is 9.59 Å². The monoisotopic (exact) mass is 544 g/mol.